The van der Waals surface area contributed by atoms with Crippen molar-refractivity contribution in [1.29, 1.82) is 0 Å². The highest BCUT2D eigenvalue weighted by Crippen LogP contribution is 2.34. The van der Waals surface area contributed by atoms with Crippen molar-refractivity contribution >= 4 is 23.4 Å². The van der Waals surface area contributed by atoms with Crippen LogP contribution in [0.1, 0.15) is 30.6 Å². The molecule has 2 N–H and O–H groups in total. The zero-order valence-electron chi connectivity index (χ0n) is 10.8. The van der Waals surface area contributed by atoms with E-state index in [1.807, 2.05) is 17.8 Å². The topological polar surface area (TPSA) is 49.3 Å². The summed E-state index contributed by atoms with van der Waals surface area (Å²) >= 11 is 1.96. The van der Waals surface area contributed by atoms with Crippen LogP contribution in [0.2, 0.25) is 0 Å². The Hall–Kier alpha value is -1.16. The smallest absolute Gasteiger partial charge is 0.335 e. The summed E-state index contributed by atoms with van der Waals surface area (Å²) in [5.41, 5.74) is 1.59. The molecule has 0 bridgehead atoms. The SMILES string of the molecule is CC1(C)CSCC(Nc2cccc(C(=O)O)c2)C1. The number of benzene rings is 1. The molecule has 4 heteroatoms. The van der Waals surface area contributed by atoms with Crippen molar-refractivity contribution in [2.75, 3.05) is 16.8 Å². The molecule has 1 aromatic carbocycles. The van der Waals surface area contributed by atoms with Crippen LogP contribution in [0, 0.1) is 5.41 Å². The van der Waals surface area contributed by atoms with Gasteiger partial charge >= 0.3 is 5.97 Å². The summed E-state index contributed by atoms with van der Waals surface area (Å²) < 4.78 is 0. The van der Waals surface area contributed by atoms with Crippen molar-refractivity contribution in [3.05, 3.63) is 29.8 Å². The van der Waals surface area contributed by atoms with Crippen LogP contribution >= 0.6 is 11.8 Å². The van der Waals surface area contributed by atoms with Gasteiger partial charge in [0.15, 0.2) is 0 Å². The first kappa shape index (κ1) is 13.3. The fraction of sp³-hybridized carbons (Fsp3) is 0.500. The number of thioether (sulfide) groups is 1. The third kappa shape index (κ3) is 3.42. The first-order valence-corrected chi connectivity index (χ1v) is 7.29. The van der Waals surface area contributed by atoms with Gasteiger partial charge in [0.1, 0.15) is 0 Å². The first-order chi connectivity index (χ1) is 8.46. The van der Waals surface area contributed by atoms with E-state index in [0.717, 1.165) is 17.9 Å². The van der Waals surface area contributed by atoms with E-state index in [0.29, 0.717) is 17.0 Å². The molecule has 1 fully saturated rings. The number of rotatable bonds is 3. The van der Waals surface area contributed by atoms with Crippen LogP contribution < -0.4 is 5.32 Å². The van der Waals surface area contributed by atoms with Crippen molar-refractivity contribution in [3.8, 4) is 0 Å². The fourth-order valence-electron chi connectivity index (χ4n) is 2.33. The average Bonchev–Trinajstić information content (AvgIpc) is 2.28. The molecule has 1 aliphatic heterocycles. The lowest BCUT2D eigenvalue weighted by atomic mass is 9.88. The van der Waals surface area contributed by atoms with Gasteiger partial charge in [-0.25, -0.2) is 4.79 Å². The molecule has 0 spiro atoms. The number of carbonyl (C=O) groups is 1. The van der Waals surface area contributed by atoms with E-state index >= 15 is 0 Å². The Morgan fingerprint density at radius 3 is 2.94 bits per heavy atom. The fourth-order valence-corrected chi connectivity index (χ4v) is 3.61. The summed E-state index contributed by atoms with van der Waals surface area (Å²) in [5, 5.41) is 12.4. The molecule has 1 unspecified atom stereocenters. The van der Waals surface area contributed by atoms with Crippen molar-refractivity contribution in [2.45, 2.75) is 26.3 Å². The normalized spacial score (nSPS) is 22.4. The summed E-state index contributed by atoms with van der Waals surface area (Å²) in [4.78, 5) is 10.9. The quantitative estimate of drug-likeness (QED) is 0.880. The molecule has 2 rings (SSSR count). The number of hydrogen-bond acceptors (Lipinski definition) is 3. The lowest BCUT2D eigenvalue weighted by Gasteiger charge is -2.35. The number of carboxylic acids is 1. The van der Waals surface area contributed by atoms with Crippen LogP contribution in [0.4, 0.5) is 5.69 Å². The summed E-state index contributed by atoms with van der Waals surface area (Å²) in [6.45, 7) is 4.56. The third-order valence-electron chi connectivity index (χ3n) is 3.09. The number of anilines is 1. The Morgan fingerprint density at radius 2 is 2.28 bits per heavy atom. The minimum atomic E-state index is -0.878. The van der Waals surface area contributed by atoms with E-state index in [4.69, 9.17) is 5.11 Å². The molecule has 98 valence electrons. The summed E-state index contributed by atoms with van der Waals surface area (Å²) in [5.74, 6) is 1.40. The number of aromatic carboxylic acids is 1. The van der Waals surface area contributed by atoms with Gasteiger partial charge in [-0.2, -0.15) is 11.8 Å². The highest BCUT2D eigenvalue weighted by atomic mass is 32.2. The summed E-state index contributed by atoms with van der Waals surface area (Å²) in [6, 6.07) is 7.45. The minimum Gasteiger partial charge on any atom is -0.478 e. The molecule has 0 aromatic heterocycles. The highest BCUT2D eigenvalue weighted by molar-refractivity contribution is 7.99. The molecule has 1 aromatic rings. The molecule has 0 amide bonds. The maximum Gasteiger partial charge on any atom is 0.335 e. The number of carboxylic acid groups (broad SMARTS) is 1. The Labute approximate surface area is 112 Å². The second kappa shape index (κ2) is 5.22. The van der Waals surface area contributed by atoms with Crippen molar-refractivity contribution in [1.82, 2.24) is 0 Å². The van der Waals surface area contributed by atoms with Crippen LogP contribution in [0.3, 0.4) is 0 Å². The van der Waals surface area contributed by atoms with E-state index in [2.05, 4.69) is 19.2 Å². The zero-order valence-corrected chi connectivity index (χ0v) is 11.6. The van der Waals surface area contributed by atoms with Crippen LogP contribution in [0.15, 0.2) is 24.3 Å². The minimum absolute atomic E-state index is 0.336. The molecule has 18 heavy (non-hydrogen) atoms. The van der Waals surface area contributed by atoms with Gasteiger partial charge in [0.2, 0.25) is 0 Å². The van der Waals surface area contributed by atoms with Crippen molar-refractivity contribution in [3.63, 3.8) is 0 Å². The monoisotopic (exact) mass is 265 g/mol. The second-order valence-electron chi connectivity index (χ2n) is 5.61. The zero-order chi connectivity index (χ0) is 13.2. The van der Waals surface area contributed by atoms with Crippen molar-refractivity contribution in [2.24, 2.45) is 5.41 Å². The van der Waals surface area contributed by atoms with Gasteiger partial charge in [0.25, 0.3) is 0 Å². The third-order valence-corrected chi connectivity index (χ3v) is 4.71. The van der Waals surface area contributed by atoms with Gasteiger partial charge in [0, 0.05) is 17.5 Å². The second-order valence-corrected chi connectivity index (χ2v) is 6.64. The van der Waals surface area contributed by atoms with E-state index in [1.165, 1.54) is 5.75 Å². The lowest BCUT2D eigenvalue weighted by Crippen LogP contribution is -2.35. The Morgan fingerprint density at radius 1 is 1.50 bits per heavy atom. The van der Waals surface area contributed by atoms with E-state index in [9.17, 15) is 4.79 Å². The van der Waals surface area contributed by atoms with Gasteiger partial charge in [-0.3, -0.25) is 0 Å². The van der Waals surface area contributed by atoms with Crippen molar-refractivity contribution < 1.29 is 9.90 Å². The van der Waals surface area contributed by atoms with Crippen LogP contribution in [0.25, 0.3) is 0 Å². The maximum atomic E-state index is 10.9. The molecule has 3 nitrogen and oxygen atoms in total. The molecular formula is C14H19NO2S. The molecule has 1 heterocycles. The van der Waals surface area contributed by atoms with Gasteiger partial charge in [-0.1, -0.05) is 19.9 Å². The maximum absolute atomic E-state index is 10.9. The van der Waals surface area contributed by atoms with E-state index in [1.54, 1.807) is 18.2 Å². The molecule has 1 aliphatic rings. The molecule has 0 aliphatic carbocycles. The highest BCUT2D eigenvalue weighted by Gasteiger charge is 2.28. The molecule has 1 atom stereocenters. The molecule has 0 radical (unpaired) electrons. The average molecular weight is 265 g/mol. The Kier molecular flexibility index (Phi) is 3.85. The van der Waals surface area contributed by atoms with Gasteiger partial charge < -0.3 is 10.4 Å². The van der Waals surface area contributed by atoms with Crippen LogP contribution in [-0.2, 0) is 0 Å². The van der Waals surface area contributed by atoms with E-state index < -0.39 is 5.97 Å². The van der Waals surface area contributed by atoms with Gasteiger partial charge in [-0.05, 0) is 35.8 Å². The Balaban J connectivity index is 2.05. The summed E-state index contributed by atoms with van der Waals surface area (Å²) in [7, 11) is 0. The van der Waals surface area contributed by atoms with Crippen LogP contribution in [0.5, 0.6) is 0 Å². The molecule has 0 saturated carbocycles. The largest absolute Gasteiger partial charge is 0.478 e. The predicted octanol–water partition coefficient (Wildman–Crippen LogP) is 3.33. The first-order valence-electron chi connectivity index (χ1n) is 6.14. The van der Waals surface area contributed by atoms with Gasteiger partial charge in [-0.15, -0.1) is 0 Å². The standard InChI is InChI=1S/C14H19NO2S/c1-14(2)7-12(8-18-9-14)15-11-5-3-4-10(6-11)13(16)17/h3-6,12,15H,7-9H2,1-2H3,(H,16,17). The van der Waals surface area contributed by atoms with E-state index in [-0.39, 0.29) is 0 Å². The molecule has 1 saturated heterocycles. The number of nitrogens with one attached hydrogen (secondary N) is 1. The summed E-state index contributed by atoms with van der Waals surface area (Å²) in [6.07, 6.45) is 1.12. The number of hydrogen-bond donors (Lipinski definition) is 2. The van der Waals surface area contributed by atoms with Crippen LogP contribution in [-0.4, -0.2) is 28.6 Å². The lowest BCUT2D eigenvalue weighted by molar-refractivity contribution is 0.0697. The molecular weight excluding hydrogens is 246 g/mol. The van der Waals surface area contributed by atoms with Gasteiger partial charge in [0.05, 0.1) is 5.56 Å². The predicted molar refractivity (Wildman–Crippen MR) is 76.5 cm³/mol. The Bertz CT molecular complexity index is 445.